The summed E-state index contributed by atoms with van der Waals surface area (Å²) in [6, 6.07) is 12.6. The molecule has 2 aromatic carbocycles. The highest BCUT2D eigenvalue weighted by Gasteiger charge is 2.38. The van der Waals surface area contributed by atoms with Crippen LogP contribution in [0.3, 0.4) is 0 Å². The number of aryl methyl sites for hydroxylation is 2. The van der Waals surface area contributed by atoms with Gasteiger partial charge >= 0.3 is 24.3 Å². The van der Waals surface area contributed by atoms with Crippen molar-refractivity contribution in [3.05, 3.63) is 47.5 Å². The van der Waals surface area contributed by atoms with E-state index in [-0.39, 0.29) is 0 Å². The van der Waals surface area contributed by atoms with Gasteiger partial charge in [-0.3, -0.25) is 0 Å². The number of fused-ring (bicyclic) bond motifs is 3. The number of alkyl halides is 6. The predicted molar refractivity (Wildman–Crippen MR) is 109 cm³/mol. The fourth-order valence-electron chi connectivity index (χ4n) is 2.97. The Hall–Kier alpha value is -3.44. The Bertz CT molecular complexity index is 897. The van der Waals surface area contributed by atoms with Crippen LogP contribution < -0.4 is 11.5 Å². The number of benzene rings is 2. The molecular weight excluding hydrogens is 458 g/mol. The lowest BCUT2D eigenvalue weighted by Crippen LogP contribution is -2.21. The molecule has 6 N–H and O–H groups in total. The number of anilines is 2. The first-order valence-corrected chi connectivity index (χ1v) is 9.50. The second kappa shape index (κ2) is 11.4. The minimum atomic E-state index is -5.08. The van der Waals surface area contributed by atoms with Crippen LogP contribution in [-0.4, -0.2) is 34.5 Å². The highest BCUT2D eigenvalue weighted by molar-refractivity contribution is 5.75. The van der Waals surface area contributed by atoms with Crippen LogP contribution in [0.15, 0.2) is 36.4 Å². The minimum Gasteiger partial charge on any atom is -0.475 e. The van der Waals surface area contributed by atoms with Crippen molar-refractivity contribution in [3.63, 3.8) is 0 Å². The minimum absolute atomic E-state index is 0.856. The highest BCUT2D eigenvalue weighted by atomic mass is 19.4. The maximum Gasteiger partial charge on any atom is 0.490 e. The molecule has 0 saturated carbocycles. The van der Waals surface area contributed by atoms with E-state index in [4.69, 9.17) is 31.3 Å². The van der Waals surface area contributed by atoms with Gasteiger partial charge in [-0.05, 0) is 72.2 Å². The number of carboxylic acid groups (broad SMARTS) is 2. The fourth-order valence-corrected chi connectivity index (χ4v) is 2.97. The number of aliphatic carboxylic acids is 2. The van der Waals surface area contributed by atoms with Gasteiger partial charge in [0.25, 0.3) is 0 Å². The molecule has 3 rings (SSSR count). The fraction of sp³-hybridized carbons (Fsp3) is 0.333. The van der Waals surface area contributed by atoms with E-state index in [9.17, 15) is 26.3 Å². The second-order valence-corrected chi connectivity index (χ2v) is 7.00. The molecular formula is C21H22F6N2O4. The predicted octanol–water partition coefficient (Wildman–Crippen LogP) is 5.05. The van der Waals surface area contributed by atoms with Gasteiger partial charge in [-0.25, -0.2) is 9.59 Å². The van der Waals surface area contributed by atoms with Gasteiger partial charge in [0.2, 0.25) is 0 Å². The van der Waals surface area contributed by atoms with Crippen LogP contribution in [0.2, 0.25) is 0 Å². The molecule has 0 aromatic heterocycles. The average molecular weight is 480 g/mol. The van der Waals surface area contributed by atoms with Gasteiger partial charge in [-0.2, -0.15) is 26.3 Å². The summed E-state index contributed by atoms with van der Waals surface area (Å²) in [5.41, 5.74) is 19.0. The largest absolute Gasteiger partial charge is 0.490 e. The van der Waals surface area contributed by atoms with Gasteiger partial charge in [0, 0.05) is 11.4 Å². The summed E-state index contributed by atoms with van der Waals surface area (Å²) < 4.78 is 63.5. The summed E-state index contributed by atoms with van der Waals surface area (Å²) in [6.07, 6.45) is -4.20. The highest BCUT2D eigenvalue weighted by Crippen LogP contribution is 2.33. The normalized spacial score (nSPS) is 13.3. The number of hydrogen-bond acceptors (Lipinski definition) is 4. The molecule has 0 unspecified atom stereocenters. The van der Waals surface area contributed by atoms with Gasteiger partial charge in [0.05, 0.1) is 0 Å². The van der Waals surface area contributed by atoms with Crippen molar-refractivity contribution in [2.45, 2.75) is 44.5 Å². The number of carboxylic acids is 2. The van der Waals surface area contributed by atoms with E-state index in [0.29, 0.717) is 0 Å². The van der Waals surface area contributed by atoms with Crippen LogP contribution >= 0.6 is 0 Å². The smallest absolute Gasteiger partial charge is 0.475 e. The Kier molecular flexibility index (Phi) is 9.56. The summed E-state index contributed by atoms with van der Waals surface area (Å²) in [5.74, 6) is -5.51. The Morgan fingerprint density at radius 3 is 1.24 bits per heavy atom. The standard InChI is InChI=1S/C17H20N2.2C2HF3O2/c18-14-6-8-16-12(10-14)4-2-1-3-5-13-11-15(19)7-9-17(13)16;2*3-2(4,5)1(6)7/h6-11H,1-5,18-19H2;2*(H,6,7). The molecule has 33 heavy (non-hydrogen) atoms. The summed E-state index contributed by atoms with van der Waals surface area (Å²) in [6.45, 7) is 0. The van der Waals surface area contributed by atoms with Gasteiger partial charge in [-0.1, -0.05) is 18.6 Å². The van der Waals surface area contributed by atoms with Crippen LogP contribution in [0.4, 0.5) is 37.7 Å². The molecule has 0 heterocycles. The molecule has 0 bridgehead atoms. The second-order valence-electron chi connectivity index (χ2n) is 7.00. The van der Waals surface area contributed by atoms with E-state index in [0.717, 1.165) is 24.2 Å². The number of rotatable bonds is 0. The summed E-state index contributed by atoms with van der Waals surface area (Å²) >= 11 is 0. The van der Waals surface area contributed by atoms with E-state index >= 15 is 0 Å². The molecule has 182 valence electrons. The zero-order chi connectivity index (χ0) is 25.4. The lowest BCUT2D eigenvalue weighted by molar-refractivity contribution is -0.193. The first kappa shape index (κ1) is 27.6. The summed E-state index contributed by atoms with van der Waals surface area (Å²) in [5, 5.41) is 14.2. The Morgan fingerprint density at radius 1 is 0.667 bits per heavy atom. The Balaban J connectivity index is 0.000000324. The van der Waals surface area contributed by atoms with Crippen molar-refractivity contribution in [2.24, 2.45) is 0 Å². The van der Waals surface area contributed by atoms with Crippen LogP contribution in [-0.2, 0) is 22.4 Å². The number of hydrogen-bond donors (Lipinski definition) is 4. The van der Waals surface area contributed by atoms with Gasteiger partial charge in [0.15, 0.2) is 0 Å². The van der Waals surface area contributed by atoms with Crippen LogP contribution in [0.5, 0.6) is 0 Å². The number of carbonyl (C=O) groups is 2. The van der Waals surface area contributed by atoms with Crippen molar-refractivity contribution in [3.8, 4) is 11.1 Å². The third-order valence-electron chi connectivity index (χ3n) is 4.43. The van der Waals surface area contributed by atoms with Gasteiger partial charge < -0.3 is 21.7 Å². The zero-order valence-electron chi connectivity index (χ0n) is 17.1. The monoisotopic (exact) mass is 480 g/mol. The maximum absolute atomic E-state index is 10.6. The van der Waals surface area contributed by atoms with Crippen molar-refractivity contribution < 1.29 is 46.1 Å². The summed E-state index contributed by atoms with van der Waals surface area (Å²) in [4.78, 5) is 17.8. The average Bonchev–Trinajstić information content (AvgIpc) is 2.75. The SMILES string of the molecule is Nc1ccc2c(c1)CCCCCc1cc(N)ccc1-2.O=C(O)C(F)(F)F.O=C(O)C(F)(F)F. The zero-order valence-corrected chi connectivity index (χ0v) is 17.1. The molecule has 0 atom stereocenters. The number of halogens is 6. The van der Waals surface area contributed by atoms with Crippen LogP contribution in [0.25, 0.3) is 11.1 Å². The van der Waals surface area contributed by atoms with Crippen molar-refractivity contribution in [1.29, 1.82) is 0 Å². The third-order valence-corrected chi connectivity index (χ3v) is 4.43. The first-order valence-electron chi connectivity index (χ1n) is 9.50. The lowest BCUT2D eigenvalue weighted by Gasteiger charge is -2.13. The Morgan fingerprint density at radius 2 is 0.970 bits per heavy atom. The van der Waals surface area contributed by atoms with E-state index in [1.54, 1.807) is 0 Å². The van der Waals surface area contributed by atoms with E-state index in [1.165, 1.54) is 41.5 Å². The molecule has 12 heteroatoms. The molecule has 1 aliphatic carbocycles. The molecule has 0 radical (unpaired) electrons. The van der Waals surface area contributed by atoms with Crippen molar-refractivity contribution >= 4 is 23.3 Å². The summed E-state index contributed by atoms with van der Waals surface area (Å²) in [7, 11) is 0. The molecule has 0 amide bonds. The van der Waals surface area contributed by atoms with Crippen LogP contribution in [0.1, 0.15) is 30.4 Å². The maximum atomic E-state index is 10.6. The van der Waals surface area contributed by atoms with Crippen molar-refractivity contribution in [2.75, 3.05) is 11.5 Å². The lowest BCUT2D eigenvalue weighted by atomic mass is 9.92. The molecule has 6 nitrogen and oxygen atoms in total. The first-order chi connectivity index (χ1) is 15.1. The molecule has 0 saturated heterocycles. The van der Waals surface area contributed by atoms with Crippen LogP contribution in [0, 0.1) is 0 Å². The number of nitrogens with two attached hydrogens (primary N) is 2. The van der Waals surface area contributed by atoms with E-state index in [2.05, 4.69) is 24.3 Å². The third kappa shape index (κ3) is 9.29. The molecule has 1 aliphatic rings. The molecule has 0 aliphatic heterocycles. The molecule has 0 spiro atoms. The topological polar surface area (TPSA) is 127 Å². The molecule has 0 fully saturated rings. The quantitative estimate of drug-likeness (QED) is 0.309. The van der Waals surface area contributed by atoms with Gasteiger partial charge in [0.1, 0.15) is 0 Å². The van der Waals surface area contributed by atoms with E-state index in [1.807, 2.05) is 12.1 Å². The van der Waals surface area contributed by atoms with Gasteiger partial charge in [-0.15, -0.1) is 0 Å². The Labute approximate surface area is 184 Å². The number of nitrogen functional groups attached to an aromatic ring is 2. The van der Waals surface area contributed by atoms with Crippen molar-refractivity contribution in [1.82, 2.24) is 0 Å². The molecule has 2 aromatic rings. The van der Waals surface area contributed by atoms with E-state index < -0.39 is 24.3 Å².